The van der Waals surface area contributed by atoms with Gasteiger partial charge in [0, 0.05) is 64.1 Å². The minimum Gasteiger partial charge on any atom is -0.381 e. The van der Waals surface area contributed by atoms with Gasteiger partial charge >= 0.3 is 0 Å². The molecule has 2 fully saturated rings. The van der Waals surface area contributed by atoms with Gasteiger partial charge < -0.3 is 19.9 Å². The average molecular weight is 359 g/mol. The van der Waals surface area contributed by atoms with Crippen LogP contribution in [0.1, 0.15) is 18.5 Å². The van der Waals surface area contributed by atoms with Crippen LogP contribution in [0.2, 0.25) is 0 Å². The lowest BCUT2D eigenvalue weighted by Gasteiger charge is -2.25. The third-order valence-electron chi connectivity index (χ3n) is 5.39. The maximum Gasteiger partial charge on any atom is 0.241 e. The Balaban J connectivity index is 1.43. The second kappa shape index (κ2) is 8.49. The lowest BCUT2D eigenvalue weighted by atomic mass is 9.87. The molecule has 3 rings (SSSR count). The molecule has 1 amide bonds. The predicted molar refractivity (Wildman–Crippen MR) is 101 cm³/mol. The first kappa shape index (κ1) is 18.6. The van der Waals surface area contributed by atoms with E-state index in [0.717, 1.165) is 57.2 Å². The number of amides is 1. The molecule has 1 spiro atoms. The summed E-state index contributed by atoms with van der Waals surface area (Å²) >= 11 is 0. The lowest BCUT2D eigenvalue weighted by molar-refractivity contribution is -0.128. The Bertz CT molecular complexity index is 628. The first-order valence-electron chi connectivity index (χ1n) is 9.29. The van der Waals surface area contributed by atoms with Crippen LogP contribution in [0.5, 0.6) is 0 Å². The largest absolute Gasteiger partial charge is 0.381 e. The number of nitrogens with zero attached hydrogens (tertiary/aromatic N) is 4. The zero-order chi connectivity index (χ0) is 18.4. The molecular weight excluding hydrogens is 330 g/mol. The molecule has 1 aromatic heterocycles. The number of hydrogen-bond donors (Lipinski definition) is 1. The molecule has 0 saturated carbocycles. The van der Waals surface area contributed by atoms with Gasteiger partial charge in [0.15, 0.2) is 5.96 Å². The molecule has 1 N–H and O–H groups in total. The molecule has 2 aliphatic rings. The van der Waals surface area contributed by atoms with Crippen molar-refractivity contribution >= 4 is 11.9 Å². The smallest absolute Gasteiger partial charge is 0.241 e. The van der Waals surface area contributed by atoms with Gasteiger partial charge in [-0.25, -0.2) is 0 Å². The number of hydrogen-bond acceptors (Lipinski definition) is 4. The van der Waals surface area contributed by atoms with Crippen molar-refractivity contribution in [3.63, 3.8) is 0 Å². The van der Waals surface area contributed by atoms with Crippen molar-refractivity contribution in [2.45, 2.75) is 19.3 Å². The van der Waals surface area contributed by atoms with Gasteiger partial charge in [0.2, 0.25) is 5.91 Å². The molecule has 1 aromatic rings. The van der Waals surface area contributed by atoms with E-state index in [9.17, 15) is 4.79 Å². The normalized spacial score (nSPS) is 22.8. The number of likely N-dealkylation sites (tertiary alicyclic amines) is 1. The van der Waals surface area contributed by atoms with Crippen molar-refractivity contribution in [3.8, 4) is 0 Å². The molecule has 142 valence electrons. The summed E-state index contributed by atoms with van der Waals surface area (Å²) in [4.78, 5) is 25.0. The van der Waals surface area contributed by atoms with Crippen molar-refractivity contribution in [1.29, 1.82) is 0 Å². The summed E-state index contributed by atoms with van der Waals surface area (Å²) < 4.78 is 5.58. The van der Waals surface area contributed by atoms with Crippen LogP contribution in [0.15, 0.2) is 29.4 Å². The maximum absolute atomic E-state index is 12.4. The summed E-state index contributed by atoms with van der Waals surface area (Å²) in [7, 11) is 3.60. The third kappa shape index (κ3) is 4.52. The number of pyridine rings is 1. The van der Waals surface area contributed by atoms with Crippen LogP contribution in [0, 0.1) is 5.41 Å². The van der Waals surface area contributed by atoms with Crippen LogP contribution < -0.4 is 5.32 Å². The van der Waals surface area contributed by atoms with Crippen molar-refractivity contribution in [3.05, 3.63) is 30.1 Å². The zero-order valence-corrected chi connectivity index (χ0v) is 15.8. The second-order valence-corrected chi connectivity index (χ2v) is 7.26. The number of likely N-dealkylation sites (N-methyl/N-ethyl adjacent to an activating group) is 1. The van der Waals surface area contributed by atoms with Crippen molar-refractivity contribution < 1.29 is 9.53 Å². The fourth-order valence-corrected chi connectivity index (χ4v) is 3.66. The van der Waals surface area contributed by atoms with Gasteiger partial charge in [-0.2, -0.15) is 0 Å². The molecule has 1 unspecified atom stereocenters. The molecule has 7 heteroatoms. The minimum absolute atomic E-state index is 0.0557. The van der Waals surface area contributed by atoms with Gasteiger partial charge in [-0.15, -0.1) is 0 Å². The van der Waals surface area contributed by atoms with E-state index in [1.54, 1.807) is 18.1 Å². The molecule has 1 atom stereocenters. The molecule has 26 heavy (non-hydrogen) atoms. The second-order valence-electron chi connectivity index (χ2n) is 7.26. The van der Waals surface area contributed by atoms with Crippen LogP contribution >= 0.6 is 0 Å². The van der Waals surface area contributed by atoms with Gasteiger partial charge in [-0.05, 0) is 25.0 Å². The monoisotopic (exact) mass is 359 g/mol. The first-order chi connectivity index (χ1) is 12.6. The molecule has 2 aliphatic heterocycles. The van der Waals surface area contributed by atoms with Crippen LogP contribution in [0.25, 0.3) is 0 Å². The van der Waals surface area contributed by atoms with Crippen LogP contribution in [-0.4, -0.2) is 80.1 Å². The summed E-state index contributed by atoms with van der Waals surface area (Å²) in [6.07, 6.45) is 4.79. The highest BCUT2D eigenvalue weighted by molar-refractivity contribution is 5.86. The van der Waals surface area contributed by atoms with E-state index in [2.05, 4.69) is 20.2 Å². The number of nitrogens with one attached hydrogen (secondary N) is 1. The minimum atomic E-state index is 0.0557. The Kier molecular flexibility index (Phi) is 6.08. The third-order valence-corrected chi connectivity index (χ3v) is 5.39. The number of aliphatic imine (C=N–C) groups is 1. The Morgan fingerprint density at radius 2 is 2.35 bits per heavy atom. The zero-order valence-electron chi connectivity index (χ0n) is 15.8. The number of carbonyl (C=O) groups excluding carboxylic acids is 1. The first-order valence-corrected chi connectivity index (χ1v) is 9.29. The molecule has 0 bridgehead atoms. The molecule has 3 heterocycles. The Labute approximate surface area is 155 Å². The van der Waals surface area contributed by atoms with E-state index in [1.807, 2.05) is 25.2 Å². The van der Waals surface area contributed by atoms with E-state index in [-0.39, 0.29) is 17.9 Å². The topological polar surface area (TPSA) is 70.1 Å². The Hall–Kier alpha value is -2.15. The van der Waals surface area contributed by atoms with E-state index >= 15 is 0 Å². The number of aromatic nitrogens is 1. The highest BCUT2D eigenvalue weighted by Crippen LogP contribution is 2.38. The maximum atomic E-state index is 12.4. The van der Waals surface area contributed by atoms with Crippen molar-refractivity contribution in [1.82, 2.24) is 20.1 Å². The molecule has 0 aliphatic carbocycles. The molecular formula is C19H29N5O2. The predicted octanol–water partition coefficient (Wildman–Crippen LogP) is 0.770. The van der Waals surface area contributed by atoms with E-state index in [0.29, 0.717) is 6.54 Å². The summed E-state index contributed by atoms with van der Waals surface area (Å²) in [5.74, 6) is 0.862. The number of guanidine groups is 1. The van der Waals surface area contributed by atoms with Gasteiger partial charge in [0.25, 0.3) is 0 Å². The fraction of sp³-hybridized carbons (Fsp3) is 0.632. The Morgan fingerprint density at radius 1 is 1.46 bits per heavy atom. The molecule has 0 radical (unpaired) electrons. The number of ether oxygens (including phenoxy) is 1. The average Bonchev–Trinajstić information content (AvgIpc) is 3.31. The summed E-state index contributed by atoms with van der Waals surface area (Å²) in [5.41, 5.74) is 1.28. The summed E-state index contributed by atoms with van der Waals surface area (Å²) in [6.45, 7) is 4.53. The van der Waals surface area contributed by atoms with E-state index in [1.165, 1.54) is 0 Å². The van der Waals surface area contributed by atoms with Crippen molar-refractivity contribution in [2.75, 3.05) is 53.5 Å². The number of carbonyl (C=O) groups is 1. The van der Waals surface area contributed by atoms with E-state index < -0.39 is 0 Å². The molecule has 7 nitrogen and oxygen atoms in total. The van der Waals surface area contributed by atoms with Crippen LogP contribution in [0.3, 0.4) is 0 Å². The van der Waals surface area contributed by atoms with Crippen molar-refractivity contribution in [2.24, 2.45) is 10.4 Å². The van der Waals surface area contributed by atoms with Gasteiger partial charge in [0.1, 0.15) is 0 Å². The highest BCUT2D eigenvalue weighted by Gasteiger charge is 2.42. The SMILES string of the molecule is CN=C(NCC(=O)N(C)CCc1ccccn1)N1CCC2(CCOC2)C1. The van der Waals surface area contributed by atoms with Gasteiger partial charge in [-0.3, -0.25) is 14.8 Å². The number of rotatable bonds is 5. The fourth-order valence-electron chi connectivity index (χ4n) is 3.66. The van der Waals surface area contributed by atoms with Crippen LogP contribution in [0.4, 0.5) is 0 Å². The Morgan fingerprint density at radius 3 is 3.04 bits per heavy atom. The standard InChI is InChI=1S/C19H29N5O2/c1-20-18(24-11-7-19(14-24)8-12-26-15-19)22-13-17(25)23(2)10-6-16-5-3-4-9-21-16/h3-5,9H,6-8,10-15H2,1-2H3,(H,20,22). The lowest BCUT2D eigenvalue weighted by Crippen LogP contribution is -2.46. The van der Waals surface area contributed by atoms with Gasteiger partial charge in [0.05, 0.1) is 13.2 Å². The molecule has 0 aromatic carbocycles. The van der Waals surface area contributed by atoms with Gasteiger partial charge in [-0.1, -0.05) is 6.07 Å². The molecule has 2 saturated heterocycles. The highest BCUT2D eigenvalue weighted by atomic mass is 16.5. The van der Waals surface area contributed by atoms with E-state index in [4.69, 9.17) is 4.74 Å². The summed E-state index contributed by atoms with van der Waals surface area (Å²) in [6, 6.07) is 5.84. The quantitative estimate of drug-likeness (QED) is 0.621. The summed E-state index contributed by atoms with van der Waals surface area (Å²) in [5, 5.41) is 3.22. The van der Waals surface area contributed by atoms with Crippen LogP contribution in [-0.2, 0) is 16.0 Å².